The average molecular weight is 385 g/mol. The van der Waals surface area contributed by atoms with Gasteiger partial charge in [-0.1, -0.05) is 0 Å². The smallest absolute Gasteiger partial charge is 0.238 e. The predicted octanol–water partition coefficient (Wildman–Crippen LogP) is 1.49. The van der Waals surface area contributed by atoms with Gasteiger partial charge in [-0.25, -0.2) is 0 Å². The summed E-state index contributed by atoms with van der Waals surface area (Å²) in [6.07, 6.45) is 1.51. The molecule has 28 heavy (non-hydrogen) atoms. The molecule has 2 aliphatic rings. The van der Waals surface area contributed by atoms with Gasteiger partial charge in [0.25, 0.3) is 0 Å². The molecule has 0 aliphatic carbocycles. The van der Waals surface area contributed by atoms with Crippen molar-refractivity contribution in [3.05, 3.63) is 42.4 Å². The molecule has 8 nitrogen and oxygen atoms in total. The van der Waals surface area contributed by atoms with Crippen LogP contribution in [0.3, 0.4) is 0 Å². The predicted molar refractivity (Wildman–Crippen MR) is 102 cm³/mol. The number of fused-ring (bicyclic) bond motifs is 1. The average Bonchev–Trinajstić information content (AvgIpc) is 3.24. The number of ketones is 1. The largest absolute Gasteiger partial charge is 0.486 e. The normalized spacial score (nSPS) is 17.3. The zero-order valence-electron chi connectivity index (χ0n) is 15.6. The first-order valence-electron chi connectivity index (χ1n) is 9.38. The first-order chi connectivity index (χ1) is 13.7. The molecular weight excluding hydrogens is 362 g/mol. The minimum absolute atomic E-state index is 0.0187. The minimum Gasteiger partial charge on any atom is -0.486 e. The second-order valence-electron chi connectivity index (χ2n) is 6.86. The molecule has 3 heterocycles. The van der Waals surface area contributed by atoms with Gasteiger partial charge in [-0.05, 0) is 24.3 Å². The van der Waals surface area contributed by atoms with Crippen molar-refractivity contribution in [1.29, 1.82) is 0 Å². The van der Waals surface area contributed by atoms with Crippen LogP contribution in [-0.2, 0) is 4.79 Å². The summed E-state index contributed by atoms with van der Waals surface area (Å²) in [4.78, 5) is 28.6. The van der Waals surface area contributed by atoms with Crippen LogP contribution in [0.25, 0.3) is 0 Å². The zero-order chi connectivity index (χ0) is 19.3. The lowest BCUT2D eigenvalue weighted by molar-refractivity contribution is -0.117. The number of carbonyl (C=O) groups excluding carboxylic acids is 2. The summed E-state index contributed by atoms with van der Waals surface area (Å²) < 4.78 is 16.2. The first kappa shape index (κ1) is 18.5. The van der Waals surface area contributed by atoms with Crippen LogP contribution in [0.15, 0.2) is 41.0 Å². The Kier molecular flexibility index (Phi) is 5.59. The van der Waals surface area contributed by atoms with Gasteiger partial charge < -0.3 is 19.2 Å². The number of piperazine rings is 1. The summed E-state index contributed by atoms with van der Waals surface area (Å²) in [5, 5.41) is 2.91. The van der Waals surface area contributed by atoms with Crippen LogP contribution in [0, 0.1) is 0 Å². The van der Waals surface area contributed by atoms with Crippen LogP contribution in [0.2, 0.25) is 0 Å². The van der Waals surface area contributed by atoms with Gasteiger partial charge in [-0.15, -0.1) is 0 Å². The highest BCUT2D eigenvalue weighted by atomic mass is 16.6. The van der Waals surface area contributed by atoms with E-state index < -0.39 is 0 Å². The first-order valence-corrected chi connectivity index (χ1v) is 9.38. The van der Waals surface area contributed by atoms with E-state index in [9.17, 15) is 9.59 Å². The number of carbonyl (C=O) groups is 2. The second kappa shape index (κ2) is 8.45. The quantitative estimate of drug-likeness (QED) is 0.754. The fraction of sp³-hybridized carbons (Fsp3) is 0.400. The van der Waals surface area contributed by atoms with Gasteiger partial charge in [0.05, 0.1) is 19.4 Å². The van der Waals surface area contributed by atoms with Crippen LogP contribution in [0.5, 0.6) is 11.5 Å². The summed E-state index contributed by atoms with van der Waals surface area (Å²) >= 11 is 0. The number of furan rings is 1. The Balaban J connectivity index is 1.22. The van der Waals surface area contributed by atoms with Gasteiger partial charge in [-0.2, -0.15) is 0 Å². The van der Waals surface area contributed by atoms with Crippen LogP contribution in [0.1, 0.15) is 10.6 Å². The SMILES string of the molecule is O=C(CN1CCN(CC(=O)c2ccco2)CC1)Nc1ccc2c(c1)OCCO2. The van der Waals surface area contributed by atoms with Crippen molar-refractivity contribution in [3.8, 4) is 11.5 Å². The number of hydrogen-bond donors (Lipinski definition) is 1. The lowest BCUT2D eigenvalue weighted by Gasteiger charge is -2.33. The van der Waals surface area contributed by atoms with E-state index in [0.29, 0.717) is 49.2 Å². The summed E-state index contributed by atoms with van der Waals surface area (Å²) in [5.41, 5.74) is 0.692. The van der Waals surface area contributed by atoms with Gasteiger partial charge in [-0.3, -0.25) is 19.4 Å². The van der Waals surface area contributed by atoms with Crippen molar-refractivity contribution in [2.45, 2.75) is 0 Å². The van der Waals surface area contributed by atoms with Crippen molar-refractivity contribution in [1.82, 2.24) is 9.80 Å². The molecule has 148 valence electrons. The van der Waals surface area contributed by atoms with Crippen LogP contribution in [-0.4, -0.2) is 74.0 Å². The third-order valence-corrected chi connectivity index (χ3v) is 4.82. The van der Waals surface area contributed by atoms with Crippen molar-refractivity contribution < 1.29 is 23.5 Å². The van der Waals surface area contributed by atoms with E-state index >= 15 is 0 Å². The molecule has 1 fully saturated rings. The van der Waals surface area contributed by atoms with Crippen molar-refractivity contribution >= 4 is 17.4 Å². The van der Waals surface area contributed by atoms with Gasteiger partial charge in [0.1, 0.15) is 13.2 Å². The minimum atomic E-state index is -0.0724. The number of ether oxygens (including phenoxy) is 2. The fourth-order valence-corrected chi connectivity index (χ4v) is 3.35. The molecule has 0 bridgehead atoms. The standard InChI is InChI=1S/C20H23N3O5/c24-16(17-2-1-9-26-17)13-22-5-7-23(8-6-22)14-20(25)21-15-3-4-18-19(12-15)28-11-10-27-18/h1-4,9,12H,5-8,10-11,13-14H2,(H,21,25). The molecule has 1 saturated heterocycles. The lowest BCUT2D eigenvalue weighted by atomic mass is 10.2. The van der Waals surface area contributed by atoms with E-state index in [1.54, 1.807) is 24.3 Å². The number of nitrogens with zero attached hydrogens (tertiary/aromatic N) is 2. The number of nitrogens with one attached hydrogen (secondary N) is 1. The molecule has 0 unspecified atom stereocenters. The van der Waals surface area contributed by atoms with Crippen molar-refractivity contribution in [3.63, 3.8) is 0 Å². The molecule has 8 heteroatoms. The Morgan fingerprint density at radius 2 is 1.64 bits per heavy atom. The number of rotatable bonds is 6. The zero-order valence-corrected chi connectivity index (χ0v) is 15.6. The van der Waals surface area contributed by atoms with Gasteiger partial charge in [0.15, 0.2) is 17.3 Å². The Morgan fingerprint density at radius 3 is 2.36 bits per heavy atom. The van der Waals surface area contributed by atoms with Crippen LogP contribution in [0.4, 0.5) is 5.69 Å². The van der Waals surface area contributed by atoms with Crippen LogP contribution < -0.4 is 14.8 Å². The Hall–Kier alpha value is -2.84. The lowest BCUT2D eigenvalue weighted by Crippen LogP contribution is -2.49. The summed E-state index contributed by atoms with van der Waals surface area (Å²) in [6.45, 7) is 4.65. The van der Waals surface area contributed by atoms with E-state index in [2.05, 4.69) is 15.1 Å². The molecule has 1 aromatic carbocycles. The highest BCUT2D eigenvalue weighted by Gasteiger charge is 2.22. The van der Waals surface area contributed by atoms with E-state index in [1.807, 2.05) is 6.07 Å². The fourth-order valence-electron chi connectivity index (χ4n) is 3.35. The second-order valence-corrected chi connectivity index (χ2v) is 6.86. The van der Waals surface area contributed by atoms with E-state index in [0.717, 1.165) is 26.2 Å². The summed E-state index contributed by atoms with van der Waals surface area (Å²) in [5.74, 6) is 1.65. The monoisotopic (exact) mass is 385 g/mol. The highest BCUT2D eigenvalue weighted by Crippen LogP contribution is 2.32. The number of anilines is 1. The topological polar surface area (TPSA) is 84.3 Å². The number of Topliss-reactive ketones (excluding diaryl/α,β-unsaturated/α-hetero) is 1. The molecule has 0 saturated carbocycles. The molecule has 2 aliphatic heterocycles. The van der Waals surface area contributed by atoms with E-state index in [-0.39, 0.29) is 11.7 Å². The van der Waals surface area contributed by atoms with E-state index in [4.69, 9.17) is 13.9 Å². The number of hydrogen-bond acceptors (Lipinski definition) is 7. The molecule has 0 spiro atoms. The van der Waals surface area contributed by atoms with E-state index in [1.165, 1.54) is 6.26 Å². The van der Waals surface area contributed by atoms with Gasteiger partial charge in [0, 0.05) is 37.9 Å². The van der Waals surface area contributed by atoms with Crippen molar-refractivity contribution in [2.75, 3.05) is 57.8 Å². The summed E-state index contributed by atoms with van der Waals surface area (Å²) in [7, 11) is 0. The molecule has 0 radical (unpaired) electrons. The Morgan fingerprint density at radius 1 is 0.929 bits per heavy atom. The maximum atomic E-state index is 12.4. The highest BCUT2D eigenvalue weighted by molar-refractivity contribution is 5.95. The molecule has 2 aromatic rings. The maximum absolute atomic E-state index is 12.4. The molecule has 4 rings (SSSR count). The molecule has 1 N–H and O–H groups in total. The Labute approximate surface area is 163 Å². The number of benzene rings is 1. The van der Waals surface area contributed by atoms with Crippen LogP contribution >= 0.6 is 0 Å². The van der Waals surface area contributed by atoms with Gasteiger partial charge in [0.2, 0.25) is 11.7 Å². The molecule has 1 amide bonds. The molecular formula is C20H23N3O5. The molecule has 0 atom stereocenters. The summed E-state index contributed by atoms with van der Waals surface area (Å²) in [6, 6.07) is 8.79. The van der Waals surface area contributed by atoms with Crippen molar-refractivity contribution in [2.24, 2.45) is 0 Å². The van der Waals surface area contributed by atoms with Gasteiger partial charge >= 0.3 is 0 Å². The maximum Gasteiger partial charge on any atom is 0.238 e. The third-order valence-electron chi connectivity index (χ3n) is 4.82. The third kappa shape index (κ3) is 4.52. The molecule has 1 aromatic heterocycles. The number of amides is 1. The Bertz CT molecular complexity index is 828.